The van der Waals surface area contributed by atoms with E-state index in [1.165, 1.54) is 0 Å². The van der Waals surface area contributed by atoms with E-state index in [-0.39, 0.29) is 6.04 Å². The average Bonchev–Trinajstić information content (AvgIpc) is 2.38. The van der Waals surface area contributed by atoms with Crippen molar-refractivity contribution in [3.8, 4) is 11.5 Å². The van der Waals surface area contributed by atoms with Crippen LogP contribution < -0.4 is 10.1 Å². The maximum absolute atomic E-state index is 9.92. The Morgan fingerprint density at radius 3 is 2.72 bits per heavy atom. The van der Waals surface area contributed by atoms with E-state index in [1.54, 1.807) is 19.2 Å². The molecule has 0 spiro atoms. The zero-order valence-corrected chi connectivity index (χ0v) is 12.4. The summed E-state index contributed by atoms with van der Waals surface area (Å²) in [4.78, 5) is 0. The zero-order valence-electron chi connectivity index (χ0n) is 11.6. The van der Waals surface area contributed by atoms with Gasteiger partial charge in [-0.15, -0.1) is 0 Å². The van der Waals surface area contributed by atoms with Crippen LogP contribution in [-0.2, 0) is 0 Å². The largest absolute Gasteiger partial charge is 0.508 e. The minimum Gasteiger partial charge on any atom is -0.508 e. The number of thioether (sulfide) groups is 1. The van der Waals surface area contributed by atoms with Crippen LogP contribution in [-0.4, -0.2) is 30.3 Å². The van der Waals surface area contributed by atoms with Gasteiger partial charge in [-0.05, 0) is 37.8 Å². The molecule has 0 aliphatic rings. The van der Waals surface area contributed by atoms with Gasteiger partial charge in [-0.25, -0.2) is 0 Å². The highest BCUT2D eigenvalue weighted by Gasteiger charge is 2.15. The predicted molar refractivity (Wildman–Crippen MR) is 78.7 cm³/mol. The van der Waals surface area contributed by atoms with Crippen molar-refractivity contribution in [2.75, 3.05) is 19.1 Å². The lowest BCUT2D eigenvalue weighted by Gasteiger charge is -2.23. The summed E-state index contributed by atoms with van der Waals surface area (Å²) >= 11 is 1.83. The second-order valence-corrected chi connectivity index (χ2v) is 5.28. The van der Waals surface area contributed by atoms with Gasteiger partial charge in [-0.1, -0.05) is 6.92 Å². The van der Waals surface area contributed by atoms with Crippen LogP contribution in [0.3, 0.4) is 0 Å². The fourth-order valence-corrected chi connectivity index (χ4v) is 2.67. The Kier molecular flexibility index (Phi) is 6.36. The van der Waals surface area contributed by atoms with E-state index in [4.69, 9.17) is 4.74 Å². The predicted octanol–water partition coefficient (Wildman–Crippen LogP) is 3.19. The molecule has 2 atom stereocenters. The van der Waals surface area contributed by atoms with Crippen LogP contribution >= 0.6 is 11.8 Å². The van der Waals surface area contributed by atoms with Crippen LogP contribution in [0.2, 0.25) is 0 Å². The Morgan fingerprint density at radius 1 is 1.44 bits per heavy atom. The van der Waals surface area contributed by atoms with Crippen molar-refractivity contribution in [3.63, 3.8) is 0 Å². The van der Waals surface area contributed by atoms with E-state index in [2.05, 4.69) is 25.4 Å². The summed E-state index contributed by atoms with van der Waals surface area (Å²) in [7, 11) is 1.64. The van der Waals surface area contributed by atoms with Crippen molar-refractivity contribution in [1.29, 1.82) is 0 Å². The molecule has 0 saturated heterocycles. The van der Waals surface area contributed by atoms with Crippen LogP contribution in [0.4, 0.5) is 0 Å². The Labute approximate surface area is 114 Å². The molecule has 0 fully saturated rings. The molecule has 0 aliphatic heterocycles. The first kappa shape index (κ1) is 15.2. The molecule has 102 valence electrons. The highest BCUT2D eigenvalue weighted by atomic mass is 32.2. The Morgan fingerprint density at radius 2 is 2.17 bits per heavy atom. The van der Waals surface area contributed by atoms with Crippen molar-refractivity contribution >= 4 is 11.8 Å². The molecule has 0 radical (unpaired) electrons. The van der Waals surface area contributed by atoms with Gasteiger partial charge in [0.15, 0.2) is 0 Å². The number of methoxy groups -OCH3 is 1. The van der Waals surface area contributed by atoms with Crippen molar-refractivity contribution in [3.05, 3.63) is 23.8 Å². The lowest BCUT2D eigenvalue weighted by atomic mass is 10.1. The molecule has 0 aromatic heterocycles. The number of ether oxygens (including phenoxy) is 1. The van der Waals surface area contributed by atoms with E-state index in [9.17, 15) is 5.11 Å². The smallest absolute Gasteiger partial charge is 0.120 e. The second-order valence-electron chi connectivity index (χ2n) is 4.37. The van der Waals surface area contributed by atoms with E-state index in [0.29, 0.717) is 11.8 Å². The first-order valence-corrected chi connectivity index (χ1v) is 7.63. The Hall–Kier alpha value is -0.870. The Balaban J connectivity index is 2.78. The molecule has 0 amide bonds. The SMILES string of the molecule is CCC(CSC)NC(C)c1cc(OC)ccc1O. The molecule has 0 saturated carbocycles. The van der Waals surface area contributed by atoms with E-state index >= 15 is 0 Å². The molecule has 0 heterocycles. The molecule has 1 aromatic carbocycles. The summed E-state index contributed by atoms with van der Waals surface area (Å²) in [6, 6.07) is 5.91. The molecule has 1 rings (SSSR count). The molecule has 1 aromatic rings. The third kappa shape index (κ3) is 4.10. The van der Waals surface area contributed by atoms with Gasteiger partial charge in [0, 0.05) is 23.4 Å². The van der Waals surface area contributed by atoms with Gasteiger partial charge in [0.05, 0.1) is 7.11 Å². The summed E-state index contributed by atoms with van der Waals surface area (Å²) in [5, 5.41) is 13.5. The number of hydrogen-bond acceptors (Lipinski definition) is 4. The van der Waals surface area contributed by atoms with Gasteiger partial charge < -0.3 is 15.2 Å². The van der Waals surface area contributed by atoms with Crippen molar-refractivity contribution in [1.82, 2.24) is 5.32 Å². The number of phenolic OH excluding ortho intramolecular Hbond substituents is 1. The number of phenols is 1. The maximum atomic E-state index is 9.92. The van der Waals surface area contributed by atoms with Gasteiger partial charge >= 0.3 is 0 Å². The van der Waals surface area contributed by atoms with Crippen LogP contribution in [0.1, 0.15) is 31.9 Å². The highest BCUT2D eigenvalue weighted by molar-refractivity contribution is 7.98. The van der Waals surface area contributed by atoms with Crippen LogP contribution in [0.15, 0.2) is 18.2 Å². The number of rotatable bonds is 7. The van der Waals surface area contributed by atoms with Gasteiger partial charge in [0.25, 0.3) is 0 Å². The third-order valence-corrected chi connectivity index (χ3v) is 3.78. The molecular formula is C14H23NO2S. The lowest BCUT2D eigenvalue weighted by molar-refractivity contribution is 0.403. The normalized spacial score (nSPS) is 14.2. The molecular weight excluding hydrogens is 246 g/mol. The lowest BCUT2D eigenvalue weighted by Crippen LogP contribution is -2.33. The first-order valence-electron chi connectivity index (χ1n) is 6.24. The molecule has 2 unspecified atom stereocenters. The molecule has 18 heavy (non-hydrogen) atoms. The van der Waals surface area contributed by atoms with E-state index in [1.807, 2.05) is 17.8 Å². The fourth-order valence-electron chi connectivity index (χ4n) is 1.93. The average molecular weight is 269 g/mol. The molecule has 0 aliphatic carbocycles. The molecule has 0 bridgehead atoms. The van der Waals surface area contributed by atoms with Gasteiger partial charge in [-0.3, -0.25) is 0 Å². The first-order chi connectivity index (χ1) is 8.62. The summed E-state index contributed by atoms with van der Waals surface area (Å²) in [6.45, 7) is 4.24. The Bertz CT molecular complexity index is 371. The van der Waals surface area contributed by atoms with Gasteiger partial charge in [0.2, 0.25) is 0 Å². The maximum Gasteiger partial charge on any atom is 0.120 e. The standard InChI is InChI=1S/C14H23NO2S/c1-5-11(9-18-4)15-10(2)13-8-12(17-3)6-7-14(13)16/h6-8,10-11,15-16H,5,9H2,1-4H3. The molecule has 2 N–H and O–H groups in total. The van der Waals surface area contributed by atoms with Crippen LogP contribution in [0.5, 0.6) is 11.5 Å². The number of aromatic hydroxyl groups is 1. The highest BCUT2D eigenvalue weighted by Crippen LogP contribution is 2.28. The number of nitrogens with one attached hydrogen (secondary N) is 1. The van der Waals surface area contributed by atoms with E-state index in [0.717, 1.165) is 23.5 Å². The fraction of sp³-hybridized carbons (Fsp3) is 0.571. The number of benzene rings is 1. The van der Waals surface area contributed by atoms with Gasteiger partial charge in [0.1, 0.15) is 11.5 Å². The van der Waals surface area contributed by atoms with Crippen molar-refractivity contribution in [2.24, 2.45) is 0 Å². The summed E-state index contributed by atoms with van der Waals surface area (Å²) in [5.74, 6) is 2.16. The van der Waals surface area contributed by atoms with Gasteiger partial charge in [-0.2, -0.15) is 11.8 Å². The summed E-state index contributed by atoms with van der Waals surface area (Å²) < 4.78 is 5.20. The quantitative estimate of drug-likeness (QED) is 0.797. The van der Waals surface area contributed by atoms with Crippen LogP contribution in [0, 0.1) is 0 Å². The summed E-state index contributed by atoms with van der Waals surface area (Å²) in [6.07, 6.45) is 3.19. The topological polar surface area (TPSA) is 41.5 Å². The van der Waals surface area contributed by atoms with Crippen LogP contribution in [0.25, 0.3) is 0 Å². The zero-order chi connectivity index (χ0) is 13.5. The van der Waals surface area contributed by atoms with E-state index < -0.39 is 0 Å². The third-order valence-electron chi connectivity index (χ3n) is 3.05. The van der Waals surface area contributed by atoms with Crippen molar-refractivity contribution < 1.29 is 9.84 Å². The summed E-state index contributed by atoms with van der Waals surface area (Å²) in [5.41, 5.74) is 0.883. The minimum absolute atomic E-state index is 0.109. The monoisotopic (exact) mass is 269 g/mol. The second kappa shape index (κ2) is 7.54. The van der Waals surface area contributed by atoms with Crippen molar-refractivity contribution in [2.45, 2.75) is 32.4 Å². The minimum atomic E-state index is 0.109. The number of hydrogen-bond donors (Lipinski definition) is 2. The molecule has 4 heteroatoms. The molecule has 3 nitrogen and oxygen atoms in total.